The first-order valence-electron chi connectivity index (χ1n) is 7.34. The van der Waals surface area contributed by atoms with Crippen LogP contribution in [0.5, 0.6) is 0 Å². The Balaban J connectivity index is 2.21. The van der Waals surface area contributed by atoms with Gasteiger partial charge in [-0.1, -0.05) is 13.8 Å². The third-order valence-corrected chi connectivity index (χ3v) is 8.37. The molecule has 0 aromatic carbocycles. The van der Waals surface area contributed by atoms with Crippen LogP contribution >= 0.6 is 27.3 Å². The van der Waals surface area contributed by atoms with Crippen LogP contribution < -0.4 is 5.73 Å². The summed E-state index contributed by atoms with van der Waals surface area (Å²) >= 11 is 4.77. The van der Waals surface area contributed by atoms with Crippen LogP contribution in [0.1, 0.15) is 38.0 Å². The molecule has 0 amide bonds. The summed E-state index contributed by atoms with van der Waals surface area (Å²) < 4.78 is 28.0. The Labute approximate surface area is 139 Å². The molecule has 1 aromatic rings. The van der Waals surface area contributed by atoms with Crippen molar-refractivity contribution in [3.05, 3.63) is 14.7 Å². The van der Waals surface area contributed by atoms with Crippen LogP contribution in [0, 0.1) is 11.8 Å². The molecule has 2 heterocycles. The van der Waals surface area contributed by atoms with Gasteiger partial charge in [0.1, 0.15) is 4.90 Å². The lowest BCUT2D eigenvalue weighted by Crippen LogP contribution is -2.32. The second kappa shape index (κ2) is 7.08. The number of hydrogen-bond acceptors (Lipinski definition) is 4. The molecular formula is C14H23BrN2O2S2. The van der Waals surface area contributed by atoms with Crippen LogP contribution in [0.2, 0.25) is 0 Å². The Morgan fingerprint density at radius 1 is 1.43 bits per heavy atom. The van der Waals surface area contributed by atoms with Gasteiger partial charge in [0.2, 0.25) is 10.0 Å². The summed E-state index contributed by atoms with van der Waals surface area (Å²) in [6.45, 7) is 6.04. The van der Waals surface area contributed by atoms with Gasteiger partial charge >= 0.3 is 0 Å². The molecule has 1 aromatic heterocycles. The predicted molar refractivity (Wildman–Crippen MR) is 90.8 cm³/mol. The molecule has 120 valence electrons. The van der Waals surface area contributed by atoms with E-state index in [0.29, 0.717) is 40.2 Å². The Kier molecular flexibility index (Phi) is 5.87. The third-order valence-electron chi connectivity index (χ3n) is 4.20. The Hall–Kier alpha value is 0.0500. The average molecular weight is 395 g/mol. The molecule has 0 spiro atoms. The predicted octanol–water partition coefficient (Wildman–Crippen LogP) is 3.42. The number of rotatable bonds is 4. The van der Waals surface area contributed by atoms with E-state index in [-0.39, 0.29) is 0 Å². The molecule has 7 heteroatoms. The largest absolute Gasteiger partial charge is 0.326 e. The van der Waals surface area contributed by atoms with Crippen molar-refractivity contribution in [3.8, 4) is 0 Å². The van der Waals surface area contributed by atoms with Crippen molar-refractivity contribution in [1.82, 2.24) is 4.31 Å². The van der Waals surface area contributed by atoms with Gasteiger partial charge in [0.05, 0.1) is 3.79 Å². The highest BCUT2D eigenvalue weighted by atomic mass is 79.9. The maximum absolute atomic E-state index is 12.8. The fourth-order valence-electron chi connectivity index (χ4n) is 2.82. The minimum atomic E-state index is -3.41. The molecular weight excluding hydrogens is 372 g/mol. The summed E-state index contributed by atoms with van der Waals surface area (Å²) in [6.07, 6.45) is 3.00. The van der Waals surface area contributed by atoms with Gasteiger partial charge in [0, 0.05) is 24.5 Å². The Morgan fingerprint density at radius 3 is 2.71 bits per heavy atom. The topological polar surface area (TPSA) is 63.4 Å². The first kappa shape index (κ1) is 17.4. The van der Waals surface area contributed by atoms with Crippen molar-refractivity contribution in [3.63, 3.8) is 0 Å². The molecule has 1 fully saturated rings. The van der Waals surface area contributed by atoms with Crippen molar-refractivity contribution < 1.29 is 8.42 Å². The van der Waals surface area contributed by atoms with Crippen LogP contribution in [-0.4, -0.2) is 25.8 Å². The lowest BCUT2D eigenvalue weighted by atomic mass is 9.89. The van der Waals surface area contributed by atoms with Crippen LogP contribution in [-0.2, 0) is 16.6 Å². The zero-order chi connectivity index (χ0) is 15.6. The zero-order valence-electron chi connectivity index (χ0n) is 12.5. The van der Waals surface area contributed by atoms with Gasteiger partial charge in [-0.05, 0) is 53.1 Å². The summed E-state index contributed by atoms with van der Waals surface area (Å²) in [5.74, 6) is 1.24. The number of halogens is 1. The molecule has 21 heavy (non-hydrogen) atoms. The number of nitrogens with two attached hydrogens (primary N) is 1. The first-order valence-corrected chi connectivity index (χ1v) is 10.4. The molecule has 1 aliphatic heterocycles. The minimum Gasteiger partial charge on any atom is -0.326 e. The van der Waals surface area contributed by atoms with Gasteiger partial charge in [-0.15, -0.1) is 11.3 Å². The highest BCUT2D eigenvalue weighted by molar-refractivity contribution is 9.11. The molecule has 0 saturated carbocycles. The summed E-state index contributed by atoms with van der Waals surface area (Å²) in [7, 11) is -3.41. The van der Waals surface area contributed by atoms with Gasteiger partial charge in [0.25, 0.3) is 0 Å². The van der Waals surface area contributed by atoms with Crippen LogP contribution in [0.3, 0.4) is 0 Å². The molecule has 1 unspecified atom stereocenters. The highest BCUT2D eigenvalue weighted by Crippen LogP contribution is 2.35. The van der Waals surface area contributed by atoms with E-state index in [1.807, 2.05) is 0 Å². The summed E-state index contributed by atoms with van der Waals surface area (Å²) in [5, 5.41) is 0. The van der Waals surface area contributed by atoms with Gasteiger partial charge in [0.15, 0.2) is 0 Å². The number of thiophene rings is 1. The number of sulfonamides is 1. The van der Waals surface area contributed by atoms with Gasteiger partial charge in [-0.3, -0.25) is 0 Å². The molecule has 1 saturated heterocycles. The zero-order valence-corrected chi connectivity index (χ0v) is 15.7. The average Bonchev–Trinajstić information content (AvgIpc) is 2.65. The standard InChI is InChI=1S/C14H23BrN2O2S2/c1-10(2)11-4-3-6-17(7-5-11)21(18,19)13-8-12(9-16)20-14(13)15/h8,10-11H,3-7,9,16H2,1-2H3. The Bertz CT molecular complexity index is 584. The van der Waals surface area contributed by atoms with Gasteiger partial charge in [-0.25, -0.2) is 8.42 Å². The van der Waals surface area contributed by atoms with Crippen molar-refractivity contribution in [1.29, 1.82) is 0 Å². The molecule has 4 nitrogen and oxygen atoms in total. The quantitative estimate of drug-likeness (QED) is 0.850. The van der Waals surface area contributed by atoms with E-state index in [4.69, 9.17) is 5.73 Å². The van der Waals surface area contributed by atoms with E-state index in [1.165, 1.54) is 11.3 Å². The van der Waals surface area contributed by atoms with Crippen LogP contribution in [0.4, 0.5) is 0 Å². The van der Waals surface area contributed by atoms with E-state index in [2.05, 4.69) is 29.8 Å². The van der Waals surface area contributed by atoms with Crippen LogP contribution in [0.15, 0.2) is 14.7 Å². The number of hydrogen-bond donors (Lipinski definition) is 1. The van der Waals surface area contributed by atoms with E-state index in [9.17, 15) is 8.42 Å². The molecule has 1 atom stereocenters. The van der Waals surface area contributed by atoms with E-state index >= 15 is 0 Å². The van der Waals surface area contributed by atoms with Crippen molar-refractivity contribution >= 4 is 37.3 Å². The summed E-state index contributed by atoms with van der Waals surface area (Å²) in [4.78, 5) is 1.26. The number of nitrogens with zero attached hydrogens (tertiary/aromatic N) is 1. The third kappa shape index (κ3) is 3.88. The van der Waals surface area contributed by atoms with E-state index < -0.39 is 10.0 Å². The second-order valence-corrected chi connectivity index (χ2v) is 10.3. The monoisotopic (exact) mass is 394 g/mol. The minimum absolute atomic E-state index is 0.369. The van der Waals surface area contributed by atoms with E-state index in [0.717, 1.165) is 24.1 Å². The summed E-state index contributed by atoms with van der Waals surface area (Å²) in [5.41, 5.74) is 5.61. The van der Waals surface area contributed by atoms with Crippen LogP contribution in [0.25, 0.3) is 0 Å². The molecule has 0 bridgehead atoms. The normalized spacial score (nSPS) is 21.7. The SMILES string of the molecule is CC(C)C1CCCN(S(=O)(=O)c2cc(CN)sc2Br)CC1. The Morgan fingerprint density at radius 2 is 2.14 bits per heavy atom. The lowest BCUT2D eigenvalue weighted by molar-refractivity contribution is 0.341. The molecule has 2 rings (SSSR count). The van der Waals surface area contributed by atoms with Crippen molar-refractivity contribution in [2.45, 2.75) is 44.6 Å². The van der Waals surface area contributed by atoms with Crippen molar-refractivity contribution in [2.24, 2.45) is 17.6 Å². The maximum Gasteiger partial charge on any atom is 0.245 e. The lowest BCUT2D eigenvalue weighted by Gasteiger charge is -2.21. The molecule has 2 N–H and O–H groups in total. The van der Waals surface area contributed by atoms with Gasteiger partial charge in [-0.2, -0.15) is 4.31 Å². The molecule has 0 radical (unpaired) electrons. The van der Waals surface area contributed by atoms with E-state index in [1.54, 1.807) is 10.4 Å². The molecule has 1 aliphatic rings. The summed E-state index contributed by atoms with van der Waals surface area (Å²) in [6, 6.07) is 1.70. The second-order valence-electron chi connectivity index (χ2n) is 5.89. The fourth-order valence-corrected chi connectivity index (χ4v) is 6.82. The highest BCUT2D eigenvalue weighted by Gasteiger charge is 2.30. The van der Waals surface area contributed by atoms with Crippen molar-refractivity contribution in [2.75, 3.05) is 13.1 Å². The first-order chi connectivity index (χ1) is 9.86. The fraction of sp³-hybridized carbons (Fsp3) is 0.714. The van der Waals surface area contributed by atoms with Gasteiger partial charge < -0.3 is 5.73 Å². The maximum atomic E-state index is 12.8. The molecule has 0 aliphatic carbocycles. The smallest absolute Gasteiger partial charge is 0.245 e.